The highest BCUT2D eigenvalue weighted by Crippen LogP contribution is 2.35. The summed E-state index contributed by atoms with van der Waals surface area (Å²) in [6.45, 7) is 5.93. The molecule has 2 aromatic rings. The van der Waals surface area contributed by atoms with Crippen molar-refractivity contribution in [3.63, 3.8) is 0 Å². The number of fused-ring (bicyclic) bond motifs is 1. The summed E-state index contributed by atoms with van der Waals surface area (Å²) in [4.78, 5) is 1.63. The summed E-state index contributed by atoms with van der Waals surface area (Å²) >= 11 is 1.67. The highest BCUT2D eigenvalue weighted by Gasteiger charge is 2.29. The van der Waals surface area contributed by atoms with Crippen molar-refractivity contribution in [1.82, 2.24) is 9.62 Å². The van der Waals surface area contributed by atoms with Crippen LogP contribution in [0.2, 0.25) is 0 Å². The summed E-state index contributed by atoms with van der Waals surface area (Å²) < 4.78 is 33.4. The van der Waals surface area contributed by atoms with Gasteiger partial charge in [0.05, 0.1) is 11.5 Å². The smallest absolute Gasteiger partial charge is 0.243 e. The van der Waals surface area contributed by atoms with Crippen LogP contribution in [0.1, 0.15) is 35.3 Å². The molecular formula is C21H28N2O3S2. The van der Waals surface area contributed by atoms with Crippen LogP contribution in [0.3, 0.4) is 0 Å². The van der Waals surface area contributed by atoms with Crippen LogP contribution >= 0.6 is 11.3 Å². The Hall–Kier alpha value is -1.41. The molecular weight excluding hydrogens is 392 g/mol. The standard InChI is InChI=1S/C21H28N2O3S2/c1-16-4-6-19(7-5-16)28(24,25)23-11-9-20-18(15-23)13-21(27-20)26-12-2-3-17-8-10-22-14-17/h4-7,13,17,22H,2-3,8-12,14-15H2,1H3. The first-order valence-corrected chi connectivity index (χ1v) is 12.3. The fourth-order valence-corrected chi connectivity index (χ4v) is 6.37. The van der Waals surface area contributed by atoms with Gasteiger partial charge in [0.25, 0.3) is 0 Å². The lowest BCUT2D eigenvalue weighted by Crippen LogP contribution is -2.35. The van der Waals surface area contributed by atoms with Crippen LogP contribution in [0.15, 0.2) is 35.2 Å². The van der Waals surface area contributed by atoms with Crippen molar-refractivity contribution in [1.29, 1.82) is 0 Å². The van der Waals surface area contributed by atoms with Crippen LogP contribution in [0, 0.1) is 12.8 Å². The quantitative estimate of drug-likeness (QED) is 0.696. The van der Waals surface area contributed by atoms with E-state index < -0.39 is 10.0 Å². The van der Waals surface area contributed by atoms with Crippen molar-refractivity contribution < 1.29 is 13.2 Å². The number of nitrogens with one attached hydrogen (secondary N) is 1. The number of benzene rings is 1. The molecule has 4 rings (SSSR count). The van der Waals surface area contributed by atoms with E-state index in [-0.39, 0.29) is 0 Å². The number of rotatable bonds is 7. The maximum atomic E-state index is 12.9. The van der Waals surface area contributed by atoms with Gasteiger partial charge in [-0.15, -0.1) is 11.3 Å². The minimum atomic E-state index is -3.45. The Kier molecular flexibility index (Phi) is 6.06. The predicted octanol–water partition coefficient (Wildman–Crippen LogP) is 3.57. The molecule has 1 N–H and O–H groups in total. The molecule has 0 bridgehead atoms. The molecule has 5 nitrogen and oxygen atoms in total. The molecule has 0 spiro atoms. The lowest BCUT2D eigenvalue weighted by Gasteiger charge is -2.26. The topological polar surface area (TPSA) is 58.6 Å². The molecule has 0 amide bonds. The summed E-state index contributed by atoms with van der Waals surface area (Å²) in [5.74, 6) is 0.792. The lowest BCUT2D eigenvalue weighted by molar-refractivity contribution is 0.302. The van der Waals surface area contributed by atoms with Crippen LogP contribution in [0.5, 0.6) is 5.06 Å². The minimum absolute atomic E-state index is 0.370. The number of hydrogen-bond donors (Lipinski definition) is 1. The maximum Gasteiger partial charge on any atom is 0.243 e. The molecule has 1 saturated heterocycles. The Morgan fingerprint density at radius 2 is 2.11 bits per heavy atom. The fraction of sp³-hybridized carbons (Fsp3) is 0.524. The molecule has 1 fully saturated rings. The number of hydrogen-bond acceptors (Lipinski definition) is 5. The number of ether oxygens (including phenoxy) is 1. The Labute approximate surface area is 171 Å². The van der Waals surface area contributed by atoms with Crippen molar-refractivity contribution in [2.75, 3.05) is 26.2 Å². The Bertz CT molecular complexity index is 900. The van der Waals surface area contributed by atoms with Crippen molar-refractivity contribution in [2.45, 2.75) is 44.0 Å². The third kappa shape index (κ3) is 4.43. The molecule has 3 heterocycles. The fourth-order valence-electron chi connectivity index (χ4n) is 3.92. The number of nitrogens with zero attached hydrogens (tertiary/aromatic N) is 1. The third-order valence-corrected chi connectivity index (χ3v) is 8.64. The van der Waals surface area contributed by atoms with Crippen molar-refractivity contribution in [3.8, 4) is 5.06 Å². The molecule has 1 aromatic carbocycles. The molecule has 28 heavy (non-hydrogen) atoms. The second-order valence-electron chi connectivity index (χ2n) is 7.77. The van der Waals surface area contributed by atoms with Crippen LogP contribution in [0.4, 0.5) is 0 Å². The van der Waals surface area contributed by atoms with Gasteiger partial charge in [-0.2, -0.15) is 4.31 Å². The molecule has 1 aromatic heterocycles. The number of sulfonamides is 1. The molecule has 0 radical (unpaired) electrons. The zero-order valence-electron chi connectivity index (χ0n) is 16.3. The van der Waals surface area contributed by atoms with Gasteiger partial charge in [-0.1, -0.05) is 17.7 Å². The second-order valence-corrected chi connectivity index (χ2v) is 10.8. The second kappa shape index (κ2) is 8.53. The minimum Gasteiger partial charge on any atom is -0.484 e. The van der Waals surface area contributed by atoms with Gasteiger partial charge in [-0.3, -0.25) is 0 Å². The van der Waals surface area contributed by atoms with E-state index in [1.165, 1.54) is 17.7 Å². The van der Waals surface area contributed by atoms with Gasteiger partial charge < -0.3 is 10.1 Å². The van der Waals surface area contributed by atoms with E-state index in [1.54, 1.807) is 27.8 Å². The van der Waals surface area contributed by atoms with Crippen molar-refractivity contribution in [2.24, 2.45) is 5.92 Å². The Morgan fingerprint density at radius 1 is 1.29 bits per heavy atom. The van der Waals surface area contributed by atoms with Crippen LogP contribution < -0.4 is 10.1 Å². The maximum absolute atomic E-state index is 12.9. The molecule has 2 aliphatic heterocycles. The van der Waals surface area contributed by atoms with E-state index in [2.05, 4.69) is 5.32 Å². The van der Waals surface area contributed by atoms with Gasteiger partial charge >= 0.3 is 0 Å². The molecule has 1 unspecified atom stereocenters. The first-order valence-electron chi connectivity index (χ1n) is 10.0. The average molecular weight is 421 g/mol. The van der Waals surface area contributed by atoms with Crippen LogP contribution in [0.25, 0.3) is 0 Å². The van der Waals surface area contributed by atoms with Crippen LogP contribution in [-0.4, -0.2) is 39.0 Å². The van der Waals surface area contributed by atoms with Gasteiger partial charge in [-0.25, -0.2) is 8.42 Å². The van der Waals surface area contributed by atoms with E-state index in [0.29, 0.717) is 18.0 Å². The van der Waals surface area contributed by atoms with Gasteiger partial charge in [-0.05, 0) is 75.4 Å². The summed E-state index contributed by atoms with van der Waals surface area (Å²) in [5, 5.41) is 4.32. The Morgan fingerprint density at radius 3 is 2.86 bits per heavy atom. The SMILES string of the molecule is Cc1ccc(S(=O)(=O)N2CCc3sc(OCCCC4CCNC4)cc3C2)cc1. The monoisotopic (exact) mass is 420 g/mol. The lowest BCUT2D eigenvalue weighted by atomic mass is 10.0. The molecule has 0 saturated carbocycles. The first kappa shape index (κ1) is 19.9. The highest BCUT2D eigenvalue weighted by atomic mass is 32.2. The molecule has 1 atom stereocenters. The van der Waals surface area contributed by atoms with Gasteiger partial charge in [0, 0.05) is 18.0 Å². The first-order chi connectivity index (χ1) is 13.5. The predicted molar refractivity (Wildman–Crippen MR) is 113 cm³/mol. The van der Waals surface area contributed by atoms with E-state index in [1.807, 2.05) is 25.1 Å². The Balaban J connectivity index is 1.35. The summed E-state index contributed by atoms with van der Waals surface area (Å²) in [6.07, 6.45) is 4.31. The van der Waals surface area contributed by atoms with Gasteiger partial charge in [0.15, 0.2) is 5.06 Å². The molecule has 2 aliphatic rings. The van der Waals surface area contributed by atoms with Crippen molar-refractivity contribution >= 4 is 21.4 Å². The van der Waals surface area contributed by atoms with Crippen LogP contribution in [-0.2, 0) is 23.0 Å². The summed E-state index contributed by atoms with van der Waals surface area (Å²) in [6, 6.07) is 9.12. The molecule has 152 valence electrons. The number of aryl methyl sites for hydroxylation is 1. The normalized spacial score (nSPS) is 20.2. The van der Waals surface area contributed by atoms with E-state index in [9.17, 15) is 8.42 Å². The molecule has 0 aliphatic carbocycles. The average Bonchev–Trinajstić information content (AvgIpc) is 3.34. The van der Waals surface area contributed by atoms with Crippen molar-refractivity contribution in [3.05, 3.63) is 46.3 Å². The summed E-state index contributed by atoms with van der Waals surface area (Å²) in [5.41, 5.74) is 2.14. The zero-order valence-corrected chi connectivity index (χ0v) is 17.9. The molecule has 7 heteroatoms. The largest absolute Gasteiger partial charge is 0.484 e. The van der Waals surface area contributed by atoms with E-state index in [0.717, 1.165) is 54.6 Å². The zero-order chi connectivity index (χ0) is 19.6. The van der Waals surface area contributed by atoms with Gasteiger partial charge in [0.1, 0.15) is 0 Å². The third-order valence-electron chi connectivity index (χ3n) is 5.63. The van der Waals surface area contributed by atoms with E-state index >= 15 is 0 Å². The van der Waals surface area contributed by atoms with E-state index in [4.69, 9.17) is 4.74 Å². The number of thiophene rings is 1. The summed E-state index contributed by atoms with van der Waals surface area (Å²) in [7, 11) is -3.45. The highest BCUT2D eigenvalue weighted by molar-refractivity contribution is 7.89. The van der Waals surface area contributed by atoms with Gasteiger partial charge in [0.2, 0.25) is 10.0 Å².